The molecule has 196 valence electrons. The summed E-state index contributed by atoms with van der Waals surface area (Å²) in [5, 5.41) is 31.7. The molecular formula is C29H31N5O4. The van der Waals surface area contributed by atoms with Crippen LogP contribution in [-0.4, -0.2) is 43.1 Å². The number of anilines is 1. The first-order valence-corrected chi connectivity index (χ1v) is 12.8. The van der Waals surface area contributed by atoms with Crippen LogP contribution >= 0.6 is 0 Å². The van der Waals surface area contributed by atoms with E-state index in [0.29, 0.717) is 22.3 Å². The first kappa shape index (κ1) is 25.3. The van der Waals surface area contributed by atoms with Crippen LogP contribution in [-0.2, 0) is 16.1 Å². The van der Waals surface area contributed by atoms with Gasteiger partial charge in [0, 0.05) is 11.7 Å². The summed E-state index contributed by atoms with van der Waals surface area (Å²) in [6.45, 7) is 3.72. The molecule has 1 fully saturated rings. The Morgan fingerprint density at radius 2 is 1.71 bits per heavy atom. The molecule has 0 aliphatic heterocycles. The molecule has 4 aromatic rings. The average Bonchev–Trinajstić information content (AvgIpc) is 3.53. The van der Waals surface area contributed by atoms with Gasteiger partial charge in [0.1, 0.15) is 18.1 Å². The molecule has 1 heterocycles. The molecule has 1 saturated carbocycles. The van der Waals surface area contributed by atoms with Crippen molar-refractivity contribution >= 4 is 28.5 Å². The molecule has 5 rings (SSSR count). The maximum atomic E-state index is 14.1. The second-order valence-corrected chi connectivity index (χ2v) is 9.99. The van der Waals surface area contributed by atoms with Gasteiger partial charge < -0.3 is 15.5 Å². The molecule has 3 aromatic carbocycles. The van der Waals surface area contributed by atoms with Gasteiger partial charge in [-0.2, -0.15) is 0 Å². The number of phenols is 2. The Labute approximate surface area is 220 Å². The van der Waals surface area contributed by atoms with Crippen molar-refractivity contribution in [2.45, 2.75) is 58.2 Å². The van der Waals surface area contributed by atoms with Crippen LogP contribution in [0.15, 0.2) is 60.7 Å². The van der Waals surface area contributed by atoms with Crippen LogP contribution in [0.3, 0.4) is 0 Å². The summed E-state index contributed by atoms with van der Waals surface area (Å²) in [6.07, 6.45) is 3.83. The van der Waals surface area contributed by atoms with Gasteiger partial charge in [-0.25, -0.2) is 4.68 Å². The molecule has 9 nitrogen and oxygen atoms in total. The molecule has 0 unspecified atom stereocenters. The molecule has 1 aliphatic carbocycles. The molecule has 1 atom stereocenters. The molecule has 38 heavy (non-hydrogen) atoms. The number of benzene rings is 3. The minimum Gasteiger partial charge on any atom is -0.504 e. The van der Waals surface area contributed by atoms with Crippen LogP contribution in [0.25, 0.3) is 11.0 Å². The summed E-state index contributed by atoms with van der Waals surface area (Å²) in [7, 11) is 0. The summed E-state index contributed by atoms with van der Waals surface area (Å²) < 4.78 is 1.52. The minimum absolute atomic E-state index is 0.0196. The third-order valence-electron chi connectivity index (χ3n) is 6.98. The van der Waals surface area contributed by atoms with Gasteiger partial charge >= 0.3 is 0 Å². The monoisotopic (exact) mass is 513 g/mol. The van der Waals surface area contributed by atoms with E-state index in [0.717, 1.165) is 36.8 Å². The Hall–Kier alpha value is -4.40. The Morgan fingerprint density at radius 3 is 2.42 bits per heavy atom. The van der Waals surface area contributed by atoms with Crippen LogP contribution in [0, 0.1) is 13.8 Å². The topological polar surface area (TPSA) is 121 Å². The van der Waals surface area contributed by atoms with Gasteiger partial charge in [-0.15, -0.1) is 5.10 Å². The first-order valence-electron chi connectivity index (χ1n) is 12.8. The van der Waals surface area contributed by atoms with E-state index in [1.165, 1.54) is 21.7 Å². The van der Waals surface area contributed by atoms with Crippen molar-refractivity contribution in [2.24, 2.45) is 0 Å². The summed E-state index contributed by atoms with van der Waals surface area (Å²) in [6, 6.07) is 16.2. The Kier molecular flexibility index (Phi) is 7.00. The Bertz CT molecular complexity index is 1470. The van der Waals surface area contributed by atoms with Crippen molar-refractivity contribution in [3.8, 4) is 11.5 Å². The van der Waals surface area contributed by atoms with Gasteiger partial charge in [-0.05, 0) is 79.8 Å². The number of aryl methyl sites for hydroxylation is 2. The Balaban J connectivity index is 1.61. The van der Waals surface area contributed by atoms with Crippen LogP contribution in [0.5, 0.6) is 11.5 Å². The van der Waals surface area contributed by atoms with Crippen molar-refractivity contribution in [2.75, 3.05) is 4.90 Å². The second kappa shape index (κ2) is 10.5. The molecule has 1 aromatic heterocycles. The van der Waals surface area contributed by atoms with Crippen molar-refractivity contribution in [3.05, 3.63) is 77.4 Å². The van der Waals surface area contributed by atoms with Crippen LogP contribution in [0.4, 0.5) is 5.69 Å². The quantitative estimate of drug-likeness (QED) is 0.317. The molecule has 2 amide bonds. The largest absolute Gasteiger partial charge is 0.504 e. The number of aromatic hydroxyl groups is 2. The number of fused-ring (bicyclic) bond motifs is 1. The van der Waals surface area contributed by atoms with Crippen molar-refractivity contribution < 1.29 is 19.8 Å². The number of carbonyl (C=O) groups is 2. The van der Waals surface area contributed by atoms with E-state index < -0.39 is 6.04 Å². The van der Waals surface area contributed by atoms with Gasteiger partial charge in [0.2, 0.25) is 11.8 Å². The standard InChI is InChI=1S/C29H31N5O4/c1-18-13-19(2)15-22(14-18)34(27(37)17-33-24-10-6-5-9-23(24)31-32-33)28(20-11-12-25(35)26(36)16-20)29(38)30-21-7-3-4-8-21/h5-6,9-16,21,28,35-36H,3-4,7-8,17H2,1-2H3,(H,30,38)/t28-/m1/s1. The van der Waals surface area contributed by atoms with Crippen molar-refractivity contribution in [1.29, 1.82) is 0 Å². The number of aromatic nitrogens is 3. The molecule has 1 aliphatic rings. The molecule has 0 saturated heterocycles. The molecule has 9 heteroatoms. The highest BCUT2D eigenvalue weighted by Gasteiger charge is 2.35. The van der Waals surface area contributed by atoms with E-state index in [2.05, 4.69) is 15.6 Å². The van der Waals surface area contributed by atoms with E-state index in [1.807, 2.05) is 56.3 Å². The lowest BCUT2D eigenvalue weighted by atomic mass is 10.0. The maximum absolute atomic E-state index is 14.1. The summed E-state index contributed by atoms with van der Waals surface area (Å²) in [5.41, 5.74) is 4.18. The molecule has 0 spiro atoms. The van der Waals surface area contributed by atoms with E-state index in [-0.39, 0.29) is 35.9 Å². The zero-order valence-corrected chi connectivity index (χ0v) is 21.5. The van der Waals surface area contributed by atoms with Gasteiger partial charge in [-0.3, -0.25) is 14.5 Å². The molecule has 0 bridgehead atoms. The lowest BCUT2D eigenvalue weighted by Gasteiger charge is -2.33. The highest BCUT2D eigenvalue weighted by atomic mass is 16.3. The summed E-state index contributed by atoms with van der Waals surface area (Å²) in [4.78, 5) is 29.5. The van der Waals surface area contributed by atoms with Crippen LogP contribution in [0.1, 0.15) is 48.4 Å². The normalized spacial score (nSPS) is 14.5. The van der Waals surface area contributed by atoms with E-state index >= 15 is 0 Å². The second-order valence-electron chi connectivity index (χ2n) is 9.99. The maximum Gasteiger partial charge on any atom is 0.249 e. The number of para-hydroxylation sites is 1. The number of amides is 2. The predicted molar refractivity (Wildman–Crippen MR) is 144 cm³/mol. The first-order chi connectivity index (χ1) is 18.3. The van der Waals surface area contributed by atoms with E-state index in [1.54, 1.807) is 6.07 Å². The fraction of sp³-hybridized carbons (Fsp3) is 0.310. The SMILES string of the molecule is Cc1cc(C)cc(N(C(=O)Cn2nnc3ccccc32)[C@@H](C(=O)NC2CCCC2)c2ccc(O)c(O)c2)c1. The smallest absolute Gasteiger partial charge is 0.249 e. The predicted octanol–water partition coefficient (Wildman–Crippen LogP) is 4.29. The number of hydrogen-bond acceptors (Lipinski definition) is 6. The van der Waals surface area contributed by atoms with Crippen molar-refractivity contribution in [1.82, 2.24) is 20.3 Å². The van der Waals surface area contributed by atoms with Crippen LogP contribution in [0.2, 0.25) is 0 Å². The number of nitrogens with zero attached hydrogens (tertiary/aromatic N) is 4. The third-order valence-corrected chi connectivity index (χ3v) is 6.98. The zero-order valence-electron chi connectivity index (χ0n) is 21.5. The number of hydrogen-bond donors (Lipinski definition) is 3. The van der Waals surface area contributed by atoms with Gasteiger partial charge in [-0.1, -0.05) is 42.3 Å². The minimum atomic E-state index is -1.09. The van der Waals surface area contributed by atoms with Gasteiger partial charge in [0.25, 0.3) is 0 Å². The highest BCUT2D eigenvalue weighted by molar-refractivity contribution is 6.01. The fourth-order valence-corrected chi connectivity index (χ4v) is 5.24. The summed E-state index contributed by atoms with van der Waals surface area (Å²) >= 11 is 0. The Morgan fingerprint density at radius 1 is 1.00 bits per heavy atom. The third kappa shape index (κ3) is 5.18. The highest BCUT2D eigenvalue weighted by Crippen LogP contribution is 2.35. The number of phenolic OH excluding ortho intramolecular Hbond substituents is 2. The zero-order chi connectivity index (χ0) is 26.8. The molecule has 0 radical (unpaired) electrons. The van der Waals surface area contributed by atoms with Gasteiger partial charge in [0.05, 0.1) is 5.52 Å². The number of carbonyl (C=O) groups excluding carboxylic acids is 2. The van der Waals surface area contributed by atoms with E-state index in [4.69, 9.17) is 0 Å². The van der Waals surface area contributed by atoms with Gasteiger partial charge in [0.15, 0.2) is 11.5 Å². The lowest BCUT2D eigenvalue weighted by Crippen LogP contribution is -2.47. The van der Waals surface area contributed by atoms with E-state index in [9.17, 15) is 19.8 Å². The van der Waals surface area contributed by atoms with Crippen LogP contribution < -0.4 is 10.2 Å². The number of rotatable bonds is 7. The van der Waals surface area contributed by atoms with Crippen molar-refractivity contribution in [3.63, 3.8) is 0 Å². The molecular weight excluding hydrogens is 482 g/mol. The fourth-order valence-electron chi connectivity index (χ4n) is 5.24. The summed E-state index contributed by atoms with van der Waals surface area (Å²) in [5.74, 6) is -1.39. The molecule has 3 N–H and O–H groups in total. The number of nitrogens with one attached hydrogen (secondary N) is 1. The lowest BCUT2D eigenvalue weighted by molar-refractivity contribution is -0.127. The average molecular weight is 514 g/mol.